The Morgan fingerprint density at radius 3 is 2.73 bits per heavy atom. The van der Waals surface area contributed by atoms with Gasteiger partial charge in [0.1, 0.15) is 0 Å². The Labute approximate surface area is 91.2 Å². The molecule has 1 atom stereocenters. The fourth-order valence-electron chi connectivity index (χ4n) is 1.97. The second-order valence-corrected chi connectivity index (χ2v) is 3.96. The Morgan fingerprint density at radius 1 is 1.53 bits per heavy atom. The number of aliphatic hydroxyl groups excluding tert-OH is 1. The molecular formula is C11H21NO3. The number of morpholine rings is 1. The van der Waals surface area contributed by atoms with Gasteiger partial charge in [-0.2, -0.15) is 0 Å². The lowest BCUT2D eigenvalue weighted by molar-refractivity contribution is -0.146. The van der Waals surface area contributed by atoms with E-state index < -0.39 is 0 Å². The van der Waals surface area contributed by atoms with Crippen LogP contribution in [0, 0.1) is 5.92 Å². The molecule has 1 saturated heterocycles. The van der Waals surface area contributed by atoms with Crippen LogP contribution in [0.1, 0.15) is 26.7 Å². The van der Waals surface area contributed by atoms with E-state index in [1.54, 1.807) is 4.90 Å². The van der Waals surface area contributed by atoms with E-state index in [1.807, 2.05) is 13.8 Å². The number of nitrogens with zero attached hydrogens (tertiary/aromatic N) is 1. The average Bonchev–Trinajstić information content (AvgIpc) is 2.30. The zero-order valence-corrected chi connectivity index (χ0v) is 9.61. The quantitative estimate of drug-likeness (QED) is 0.749. The van der Waals surface area contributed by atoms with E-state index in [-0.39, 0.29) is 24.5 Å². The van der Waals surface area contributed by atoms with Crippen molar-refractivity contribution < 1.29 is 14.6 Å². The van der Waals surface area contributed by atoms with Gasteiger partial charge in [-0.1, -0.05) is 13.8 Å². The zero-order valence-electron chi connectivity index (χ0n) is 9.61. The summed E-state index contributed by atoms with van der Waals surface area (Å²) in [7, 11) is 0. The highest BCUT2D eigenvalue weighted by molar-refractivity contribution is 5.79. The molecule has 0 aromatic rings. The maximum absolute atomic E-state index is 12.1. The van der Waals surface area contributed by atoms with Crippen LogP contribution in [0.25, 0.3) is 0 Å². The summed E-state index contributed by atoms with van der Waals surface area (Å²) in [5, 5.41) is 9.16. The molecule has 15 heavy (non-hydrogen) atoms. The second-order valence-electron chi connectivity index (χ2n) is 3.96. The molecule has 0 aliphatic carbocycles. The van der Waals surface area contributed by atoms with Crippen LogP contribution in [0.2, 0.25) is 0 Å². The van der Waals surface area contributed by atoms with Crippen molar-refractivity contribution in [2.45, 2.75) is 32.7 Å². The summed E-state index contributed by atoms with van der Waals surface area (Å²) in [5.74, 6) is 0.263. The van der Waals surface area contributed by atoms with Crippen LogP contribution in [0.3, 0.4) is 0 Å². The van der Waals surface area contributed by atoms with Crippen molar-refractivity contribution in [3.8, 4) is 0 Å². The molecule has 0 aromatic heterocycles. The number of amides is 1. The van der Waals surface area contributed by atoms with Crippen LogP contribution < -0.4 is 0 Å². The predicted octanol–water partition coefficient (Wildman–Crippen LogP) is 0.642. The van der Waals surface area contributed by atoms with Gasteiger partial charge in [-0.25, -0.2) is 0 Å². The van der Waals surface area contributed by atoms with Crippen LogP contribution in [-0.2, 0) is 9.53 Å². The Kier molecular flexibility index (Phi) is 5.05. The van der Waals surface area contributed by atoms with Gasteiger partial charge in [0.05, 0.1) is 25.9 Å². The molecule has 0 radical (unpaired) electrons. The average molecular weight is 215 g/mol. The van der Waals surface area contributed by atoms with Crippen molar-refractivity contribution in [2.24, 2.45) is 5.92 Å². The van der Waals surface area contributed by atoms with E-state index in [0.29, 0.717) is 19.8 Å². The van der Waals surface area contributed by atoms with Crippen LogP contribution in [0.4, 0.5) is 0 Å². The highest BCUT2D eigenvalue weighted by Gasteiger charge is 2.29. The smallest absolute Gasteiger partial charge is 0.226 e. The van der Waals surface area contributed by atoms with E-state index >= 15 is 0 Å². The Bertz CT molecular complexity index is 204. The van der Waals surface area contributed by atoms with E-state index in [0.717, 1.165) is 12.8 Å². The SMILES string of the molecule is CCC(CC)C(=O)N1CCOCC1CO. The molecule has 0 saturated carbocycles. The van der Waals surface area contributed by atoms with E-state index in [4.69, 9.17) is 9.84 Å². The van der Waals surface area contributed by atoms with Gasteiger partial charge in [0, 0.05) is 12.5 Å². The van der Waals surface area contributed by atoms with Crippen LogP contribution in [0.15, 0.2) is 0 Å². The van der Waals surface area contributed by atoms with Crippen LogP contribution in [-0.4, -0.2) is 48.3 Å². The fraction of sp³-hybridized carbons (Fsp3) is 0.909. The third-order valence-corrected chi connectivity index (χ3v) is 3.06. The van der Waals surface area contributed by atoms with Gasteiger partial charge in [-0.05, 0) is 12.8 Å². The molecule has 1 aliphatic heterocycles. The second kappa shape index (κ2) is 6.08. The molecule has 0 spiro atoms. The van der Waals surface area contributed by atoms with E-state index in [1.165, 1.54) is 0 Å². The van der Waals surface area contributed by atoms with Gasteiger partial charge < -0.3 is 14.7 Å². The van der Waals surface area contributed by atoms with Crippen molar-refractivity contribution in [1.29, 1.82) is 0 Å². The molecule has 1 fully saturated rings. The first-order chi connectivity index (χ1) is 7.24. The summed E-state index contributed by atoms with van der Waals surface area (Å²) in [6, 6.07) is -0.146. The molecule has 1 N–H and O–H groups in total. The number of hydrogen-bond acceptors (Lipinski definition) is 3. The third-order valence-electron chi connectivity index (χ3n) is 3.06. The van der Waals surface area contributed by atoms with Crippen LogP contribution in [0.5, 0.6) is 0 Å². The molecule has 88 valence electrons. The van der Waals surface area contributed by atoms with E-state index in [2.05, 4.69) is 0 Å². The number of rotatable bonds is 4. The normalized spacial score (nSPS) is 22.1. The first kappa shape index (κ1) is 12.5. The Balaban J connectivity index is 2.62. The fourth-order valence-corrected chi connectivity index (χ4v) is 1.97. The number of carbonyl (C=O) groups excluding carboxylic acids is 1. The minimum absolute atomic E-state index is 0.00805. The summed E-state index contributed by atoms with van der Waals surface area (Å²) >= 11 is 0. The van der Waals surface area contributed by atoms with Gasteiger partial charge in [-0.3, -0.25) is 4.79 Å². The van der Waals surface area contributed by atoms with Crippen molar-refractivity contribution >= 4 is 5.91 Å². The highest BCUT2D eigenvalue weighted by atomic mass is 16.5. The number of carbonyl (C=O) groups is 1. The van der Waals surface area contributed by atoms with Crippen molar-refractivity contribution in [2.75, 3.05) is 26.4 Å². The van der Waals surface area contributed by atoms with E-state index in [9.17, 15) is 4.79 Å². The largest absolute Gasteiger partial charge is 0.394 e. The van der Waals surface area contributed by atoms with Crippen molar-refractivity contribution in [3.05, 3.63) is 0 Å². The molecule has 1 heterocycles. The highest BCUT2D eigenvalue weighted by Crippen LogP contribution is 2.16. The van der Waals surface area contributed by atoms with Gasteiger partial charge in [-0.15, -0.1) is 0 Å². The summed E-state index contributed by atoms with van der Waals surface area (Å²) in [5.41, 5.74) is 0. The molecule has 1 aliphatic rings. The maximum Gasteiger partial charge on any atom is 0.226 e. The molecule has 1 amide bonds. The molecule has 1 rings (SSSR count). The maximum atomic E-state index is 12.1. The van der Waals surface area contributed by atoms with Crippen LogP contribution >= 0.6 is 0 Å². The summed E-state index contributed by atoms with van der Waals surface area (Å²) < 4.78 is 5.25. The summed E-state index contributed by atoms with van der Waals surface area (Å²) in [6.45, 7) is 5.71. The van der Waals surface area contributed by atoms with Crippen molar-refractivity contribution in [3.63, 3.8) is 0 Å². The number of aliphatic hydroxyl groups is 1. The Morgan fingerprint density at radius 2 is 2.20 bits per heavy atom. The monoisotopic (exact) mass is 215 g/mol. The Hall–Kier alpha value is -0.610. The first-order valence-corrected chi connectivity index (χ1v) is 5.73. The zero-order chi connectivity index (χ0) is 11.3. The summed E-state index contributed by atoms with van der Waals surface area (Å²) in [4.78, 5) is 13.9. The van der Waals surface area contributed by atoms with Gasteiger partial charge in [0.25, 0.3) is 0 Å². The van der Waals surface area contributed by atoms with Crippen molar-refractivity contribution in [1.82, 2.24) is 4.90 Å². The minimum atomic E-state index is -0.146. The lowest BCUT2D eigenvalue weighted by atomic mass is 10.0. The molecule has 4 heteroatoms. The standard InChI is InChI=1S/C11H21NO3/c1-3-9(4-2)11(14)12-5-6-15-8-10(12)7-13/h9-10,13H,3-8H2,1-2H3. The topological polar surface area (TPSA) is 49.8 Å². The number of hydrogen-bond donors (Lipinski definition) is 1. The molecular weight excluding hydrogens is 194 g/mol. The van der Waals surface area contributed by atoms with Gasteiger partial charge in [0.15, 0.2) is 0 Å². The minimum Gasteiger partial charge on any atom is -0.394 e. The lowest BCUT2D eigenvalue weighted by Crippen LogP contribution is -2.52. The summed E-state index contributed by atoms with van der Waals surface area (Å²) in [6.07, 6.45) is 1.73. The lowest BCUT2D eigenvalue weighted by Gasteiger charge is -2.36. The van der Waals surface area contributed by atoms with Gasteiger partial charge in [0.2, 0.25) is 5.91 Å². The molecule has 1 unspecified atom stereocenters. The number of ether oxygens (including phenoxy) is 1. The molecule has 4 nitrogen and oxygen atoms in total. The molecule has 0 bridgehead atoms. The predicted molar refractivity (Wildman–Crippen MR) is 57.5 cm³/mol. The van der Waals surface area contributed by atoms with Gasteiger partial charge >= 0.3 is 0 Å². The first-order valence-electron chi connectivity index (χ1n) is 5.73. The molecule has 0 aromatic carbocycles. The third kappa shape index (κ3) is 2.92.